The van der Waals surface area contributed by atoms with Crippen molar-refractivity contribution >= 4 is 99.6 Å². The minimum Gasteiger partial charge on any atom is -0.309 e. The van der Waals surface area contributed by atoms with Crippen LogP contribution in [0.15, 0.2) is 341 Å². The van der Waals surface area contributed by atoms with Crippen LogP contribution in [-0.4, -0.2) is 14.1 Å². The molecule has 2 aliphatic heterocycles. The summed E-state index contributed by atoms with van der Waals surface area (Å²) in [7, 11) is 0. The monoisotopic (exact) mass is 1250 g/mol. The molecule has 3 nitrogen and oxygen atoms in total. The second-order valence-corrected chi connectivity index (χ2v) is 28.5. The largest absolute Gasteiger partial charge is 0.309 e. The zero-order valence-electron chi connectivity index (χ0n) is 51.8. The van der Waals surface area contributed by atoms with Crippen molar-refractivity contribution in [1.82, 2.24) is 14.1 Å². The van der Waals surface area contributed by atoms with Crippen LogP contribution in [0.4, 0.5) is 0 Å². The van der Waals surface area contributed by atoms with Gasteiger partial charge < -0.3 is 4.57 Å². The first-order valence-corrected chi connectivity index (χ1v) is 34.8. The third kappa shape index (κ3) is 6.92. The average Bonchev–Trinajstić information content (AvgIpc) is 1.48. The van der Waals surface area contributed by atoms with Gasteiger partial charge in [0.1, 0.15) is 5.82 Å². The molecule has 0 saturated heterocycles. The molecule has 2 aliphatic carbocycles. The van der Waals surface area contributed by atoms with Crippen LogP contribution >= 0.6 is 23.5 Å². The number of fused-ring (bicyclic) bond motifs is 29. The first-order chi connectivity index (χ1) is 47.6. The van der Waals surface area contributed by atoms with Crippen LogP contribution in [0.3, 0.4) is 0 Å². The predicted octanol–water partition coefficient (Wildman–Crippen LogP) is 23.7. The van der Waals surface area contributed by atoms with Crippen molar-refractivity contribution in [3.8, 4) is 56.0 Å². The van der Waals surface area contributed by atoms with Crippen molar-refractivity contribution < 1.29 is 0 Å². The normalized spacial score (nSPS) is 15.1. The molecule has 2 spiro atoms. The molecule has 15 aromatic carbocycles. The van der Waals surface area contributed by atoms with Gasteiger partial charge in [0.25, 0.3) is 0 Å². The van der Waals surface area contributed by atoms with Crippen molar-refractivity contribution in [2.45, 2.75) is 30.4 Å². The molecular weight excluding hydrogens is 1200 g/mol. The van der Waals surface area contributed by atoms with E-state index in [1.54, 1.807) is 0 Å². The SMILES string of the molecule is c1ccc(-n2c3cc4c(cc3c3ccc5ccccc5c32)C2(c3ccccc3S4)c3ccccc3-c3cc(-c4cccc(-c5cc(-n6c7cc8c(cc7c7ccc9ccccc9c76)C6(c7ccccc7S8)c7ccccc7-c7ccccc76)nc6ccccc56)c4)ccc32)cc1. The van der Waals surface area contributed by atoms with Gasteiger partial charge in [0, 0.05) is 63.0 Å². The van der Waals surface area contributed by atoms with E-state index in [4.69, 9.17) is 4.98 Å². The summed E-state index contributed by atoms with van der Waals surface area (Å²) in [6, 6.07) is 122. The highest BCUT2D eigenvalue weighted by molar-refractivity contribution is 7.99. The smallest absolute Gasteiger partial charge is 0.138 e. The lowest BCUT2D eigenvalue weighted by Crippen LogP contribution is -2.32. The van der Waals surface area contributed by atoms with E-state index in [0.29, 0.717) is 0 Å². The summed E-state index contributed by atoms with van der Waals surface area (Å²) in [6.45, 7) is 0. The molecule has 0 radical (unpaired) electrons. The Morgan fingerprint density at radius 3 is 1.33 bits per heavy atom. The van der Waals surface area contributed by atoms with E-state index in [1.165, 1.54) is 146 Å². The van der Waals surface area contributed by atoms with Gasteiger partial charge in [-0.25, -0.2) is 4.98 Å². The molecule has 1 unspecified atom stereocenters. The first-order valence-electron chi connectivity index (χ1n) is 33.2. The molecular formula is C91H53N3S2. The van der Waals surface area contributed by atoms with Crippen molar-refractivity contribution in [1.29, 1.82) is 0 Å². The third-order valence-corrected chi connectivity index (χ3v) is 24.1. The number of aromatic nitrogens is 3. The van der Waals surface area contributed by atoms with Gasteiger partial charge in [-0.2, -0.15) is 0 Å². The third-order valence-electron chi connectivity index (χ3n) is 21.8. The molecule has 0 amide bonds. The number of pyridine rings is 1. The summed E-state index contributed by atoms with van der Waals surface area (Å²) in [6.07, 6.45) is 0. The van der Waals surface area contributed by atoms with Gasteiger partial charge in [-0.3, -0.25) is 4.57 Å². The molecule has 3 aromatic heterocycles. The second kappa shape index (κ2) is 19.6. The molecule has 96 heavy (non-hydrogen) atoms. The summed E-state index contributed by atoms with van der Waals surface area (Å²) < 4.78 is 4.99. The number of hydrogen-bond acceptors (Lipinski definition) is 3. The standard InChI is InChI=1S/C91H53N3S2/c1-2-25-59(26-3-1)93-81-52-85-79(49-70(81)66-44-41-54-21-4-6-27-60(54)88(66)93)91(77-37-16-19-40-84(77)95-85)74-35-14-10-31-64(74)69-48-57(43-46-75(69)91)56-23-20-24-58(47-56)68-51-87(92-80-38-17-11-32-65(68)80)94-82-53-86-78(50-71(82)67-45-42-55-22-5-7-28-61(55)89(67)94)90(76-36-15-18-39-83(76)96-86)72-33-12-8-29-62(72)63-30-9-13-34-73(63)90/h1-53H. The predicted molar refractivity (Wildman–Crippen MR) is 399 cm³/mol. The number of benzene rings is 15. The molecule has 5 heteroatoms. The molecule has 0 fully saturated rings. The Kier molecular flexibility index (Phi) is 10.8. The molecule has 0 bridgehead atoms. The van der Waals surface area contributed by atoms with Crippen molar-refractivity contribution in [3.63, 3.8) is 0 Å². The summed E-state index contributed by atoms with van der Waals surface area (Å²) >= 11 is 3.80. The van der Waals surface area contributed by atoms with Gasteiger partial charge in [0.05, 0.1) is 38.4 Å². The number of rotatable bonds is 4. The molecule has 444 valence electrons. The van der Waals surface area contributed by atoms with Crippen LogP contribution in [0.5, 0.6) is 0 Å². The quantitative estimate of drug-likeness (QED) is 0.175. The molecule has 5 heterocycles. The van der Waals surface area contributed by atoms with E-state index in [0.717, 1.165) is 50.1 Å². The Balaban J connectivity index is 0.733. The summed E-state index contributed by atoms with van der Waals surface area (Å²) in [5.74, 6) is 0.888. The van der Waals surface area contributed by atoms with Crippen LogP contribution in [0.2, 0.25) is 0 Å². The van der Waals surface area contributed by atoms with Crippen LogP contribution in [0, 0.1) is 0 Å². The molecule has 4 aliphatic rings. The summed E-state index contributed by atoms with van der Waals surface area (Å²) in [5.41, 5.74) is 26.2. The Morgan fingerprint density at radius 2 is 0.719 bits per heavy atom. The van der Waals surface area contributed by atoms with Crippen LogP contribution < -0.4 is 0 Å². The zero-order chi connectivity index (χ0) is 62.5. The van der Waals surface area contributed by atoms with E-state index < -0.39 is 10.8 Å². The van der Waals surface area contributed by atoms with E-state index in [1.807, 2.05) is 23.5 Å². The number of para-hydroxylation sites is 2. The maximum Gasteiger partial charge on any atom is 0.138 e. The Morgan fingerprint density at radius 1 is 0.250 bits per heavy atom. The summed E-state index contributed by atoms with van der Waals surface area (Å²) in [5, 5.41) is 10.9. The van der Waals surface area contributed by atoms with Gasteiger partial charge in [-0.05, 0) is 173 Å². The van der Waals surface area contributed by atoms with Gasteiger partial charge >= 0.3 is 0 Å². The van der Waals surface area contributed by atoms with Crippen LogP contribution in [0.1, 0.15) is 44.5 Å². The van der Waals surface area contributed by atoms with Crippen molar-refractivity contribution in [2.75, 3.05) is 0 Å². The minimum atomic E-state index is -0.572. The van der Waals surface area contributed by atoms with Crippen molar-refractivity contribution in [2.24, 2.45) is 0 Å². The lowest BCUT2D eigenvalue weighted by molar-refractivity contribution is 0.724. The molecule has 1 atom stereocenters. The fourth-order valence-corrected chi connectivity index (χ4v) is 20.4. The van der Waals surface area contributed by atoms with Gasteiger partial charge in [0.15, 0.2) is 0 Å². The highest BCUT2D eigenvalue weighted by Crippen LogP contribution is 2.65. The lowest BCUT2D eigenvalue weighted by Gasteiger charge is -2.39. The van der Waals surface area contributed by atoms with E-state index in [9.17, 15) is 0 Å². The second-order valence-electron chi connectivity index (χ2n) is 26.3. The molecule has 0 N–H and O–H groups in total. The molecule has 18 aromatic rings. The first kappa shape index (κ1) is 53.0. The van der Waals surface area contributed by atoms with E-state index >= 15 is 0 Å². The van der Waals surface area contributed by atoms with E-state index in [2.05, 4.69) is 331 Å². The van der Waals surface area contributed by atoms with Crippen LogP contribution in [-0.2, 0) is 10.8 Å². The number of nitrogens with zero attached hydrogens (tertiary/aromatic N) is 3. The lowest BCUT2D eigenvalue weighted by atomic mass is 9.67. The fraction of sp³-hybridized carbons (Fsp3) is 0.0220. The number of hydrogen-bond donors (Lipinski definition) is 0. The van der Waals surface area contributed by atoms with Crippen LogP contribution in [0.25, 0.3) is 132 Å². The fourth-order valence-electron chi connectivity index (χ4n) is 17.9. The Labute approximate surface area is 562 Å². The molecule has 0 saturated carbocycles. The topological polar surface area (TPSA) is 22.8 Å². The maximum atomic E-state index is 5.72. The maximum absolute atomic E-state index is 5.72. The summed E-state index contributed by atoms with van der Waals surface area (Å²) in [4.78, 5) is 10.8. The van der Waals surface area contributed by atoms with Gasteiger partial charge in [-0.1, -0.05) is 272 Å². The van der Waals surface area contributed by atoms with Gasteiger partial charge in [-0.15, -0.1) is 0 Å². The van der Waals surface area contributed by atoms with Gasteiger partial charge in [0.2, 0.25) is 0 Å². The minimum absolute atomic E-state index is 0.505. The zero-order valence-corrected chi connectivity index (χ0v) is 53.4. The average molecular weight is 1250 g/mol. The molecule has 22 rings (SSSR count). The Bertz CT molecular complexity index is 6440. The Hall–Kier alpha value is -11.5. The highest BCUT2D eigenvalue weighted by atomic mass is 32.2. The van der Waals surface area contributed by atoms with E-state index in [-0.39, 0.29) is 0 Å². The highest BCUT2D eigenvalue weighted by Gasteiger charge is 2.52. The van der Waals surface area contributed by atoms with Crippen molar-refractivity contribution in [3.05, 3.63) is 366 Å².